The van der Waals surface area contributed by atoms with E-state index in [1.54, 1.807) is 31.2 Å². The standard InChI is InChI=1S/C14H13N3O3/c1-9(8-15)16-12(18)6-7-17-13(19)10-4-2-3-5-11(10)14(17)20/h2-5,9H,6-7H2,1H3,(H,16,18). The summed E-state index contributed by atoms with van der Waals surface area (Å²) < 4.78 is 0. The first-order valence-electron chi connectivity index (χ1n) is 6.19. The molecule has 1 atom stereocenters. The second-order valence-electron chi connectivity index (χ2n) is 4.48. The molecule has 102 valence electrons. The van der Waals surface area contributed by atoms with Crippen molar-refractivity contribution >= 4 is 17.7 Å². The molecular weight excluding hydrogens is 258 g/mol. The molecule has 6 heteroatoms. The molecule has 0 aliphatic carbocycles. The lowest BCUT2D eigenvalue weighted by Crippen LogP contribution is -2.37. The van der Waals surface area contributed by atoms with Gasteiger partial charge in [0.25, 0.3) is 11.8 Å². The number of nitriles is 1. The molecule has 0 aromatic heterocycles. The van der Waals surface area contributed by atoms with Crippen molar-refractivity contribution < 1.29 is 14.4 Å². The third-order valence-corrected chi connectivity index (χ3v) is 3.01. The van der Waals surface area contributed by atoms with Gasteiger partial charge in [-0.15, -0.1) is 0 Å². The van der Waals surface area contributed by atoms with Crippen molar-refractivity contribution in [2.45, 2.75) is 19.4 Å². The SMILES string of the molecule is CC(C#N)NC(=O)CCN1C(=O)c2ccccc2C1=O. The molecule has 2 rings (SSSR count). The van der Waals surface area contributed by atoms with E-state index in [0.29, 0.717) is 11.1 Å². The number of hydrogen-bond acceptors (Lipinski definition) is 4. The van der Waals surface area contributed by atoms with Crippen LogP contribution in [0.3, 0.4) is 0 Å². The molecule has 6 nitrogen and oxygen atoms in total. The number of nitrogens with zero attached hydrogens (tertiary/aromatic N) is 2. The van der Waals surface area contributed by atoms with Crippen LogP contribution in [-0.4, -0.2) is 35.2 Å². The van der Waals surface area contributed by atoms with Crippen molar-refractivity contribution in [1.82, 2.24) is 10.2 Å². The van der Waals surface area contributed by atoms with Crippen LogP contribution in [0.1, 0.15) is 34.1 Å². The fourth-order valence-corrected chi connectivity index (χ4v) is 2.00. The molecule has 0 saturated heterocycles. The van der Waals surface area contributed by atoms with E-state index in [0.717, 1.165) is 4.90 Å². The van der Waals surface area contributed by atoms with Crippen LogP contribution in [0.2, 0.25) is 0 Å². The van der Waals surface area contributed by atoms with Crippen LogP contribution in [0, 0.1) is 11.3 Å². The fraction of sp³-hybridized carbons (Fsp3) is 0.286. The van der Waals surface area contributed by atoms with Crippen LogP contribution in [0.15, 0.2) is 24.3 Å². The number of rotatable bonds is 4. The molecule has 0 saturated carbocycles. The first kappa shape index (κ1) is 13.7. The number of carbonyl (C=O) groups excluding carboxylic acids is 3. The quantitative estimate of drug-likeness (QED) is 0.816. The normalized spacial score (nSPS) is 14.7. The fourth-order valence-electron chi connectivity index (χ4n) is 2.00. The van der Waals surface area contributed by atoms with Crippen molar-refractivity contribution in [3.8, 4) is 6.07 Å². The van der Waals surface area contributed by atoms with E-state index in [2.05, 4.69) is 5.32 Å². The maximum absolute atomic E-state index is 12.0. The van der Waals surface area contributed by atoms with Crippen LogP contribution in [0.25, 0.3) is 0 Å². The summed E-state index contributed by atoms with van der Waals surface area (Å²) in [4.78, 5) is 36.6. The van der Waals surface area contributed by atoms with Crippen molar-refractivity contribution in [3.05, 3.63) is 35.4 Å². The summed E-state index contributed by atoms with van der Waals surface area (Å²) in [6.07, 6.45) is -0.0164. The Balaban J connectivity index is 2.00. The molecular formula is C14H13N3O3. The Morgan fingerprint density at radius 1 is 1.30 bits per heavy atom. The summed E-state index contributed by atoms with van der Waals surface area (Å²) in [6, 6.07) is 7.84. The Hall–Kier alpha value is -2.68. The molecule has 0 fully saturated rings. The van der Waals surface area contributed by atoms with Crippen molar-refractivity contribution in [2.75, 3.05) is 6.54 Å². The first-order chi connectivity index (χ1) is 9.54. The summed E-state index contributed by atoms with van der Waals surface area (Å²) in [5.41, 5.74) is 0.728. The number of amides is 3. The lowest BCUT2D eigenvalue weighted by Gasteiger charge is -2.13. The number of fused-ring (bicyclic) bond motifs is 1. The maximum Gasteiger partial charge on any atom is 0.261 e. The average molecular weight is 271 g/mol. The summed E-state index contributed by atoms with van der Waals surface area (Å²) >= 11 is 0. The lowest BCUT2D eigenvalue weighted by molar-refractivity contribution is -0.121. The Bertz CT molecular complexity index is 583. The van der Waals surface area contributed by atoms with Gasteiger partial charge in [0.2, 0.25) is 5.91 Å². The largest absolute Gasteiger partial charge is 0.341 e. The Morgan fingerprint density at radius 2 is 1.85 bits per heavy atom. The molecule has 1 aromatic carbocycles. The van der Waals surface area contributed by atoms with Gasteiger partial charge in [0.15, 0.2) is 0 Å². The number of imide groups is 1. The van der Waals surface area contributed by atoms with Crippen LogP contribution < -0.4 is 5.32 Å². The average Bonchev–Trinajstić information content (AvgIpc) is 2.69. The van der Waals surface area contributed by atoms with E-state index < -0.39 is 6.04 Å². The lowest BCUT2D eigenvalue weighted by atomic mass is 10.1. The molecule has 0 bridgehead atoms. The number of nitrogens with one attached hydrogen (secondary N) is 1. The highest BCUT2D eigenvalue weighted by Gasteiger charge is 2.34. The highest BCUT2D eigenvalue weighted by molar-refractivity contribution is 6.21. The van der Waals surface area contributed by atoms with Gasteiger partial charge in [-0.2, -0.15) is 5.26 Å². The number of hydrogen-bond donors (Lipinski definition) is 1. The number of benzene rings is 1. The molecule has 1 aromatic rings. The molecule has 0 radical (unpaired) electrons. The molecule has 0 spiro atoms. The van der Waals surface area contributed by atoms with Crippen LogP contribution in [-0.2, 0) is 4.79 Å². The van der Waals surface area contributed by atoms with E-state index in [-0.39, 0.29) is 30.7 Å². The van der Waals surface area contributed by atoms with Crippen LogP contribution >= 0.6 is 0 Å². The van der Waals surface area contributed by atoms with Crippen molar-refractivity contribution in [2.24, 2.45) is 0 Å². The van der Waals surface area contributed by atoms with Gasteiger partial charge in [0, 0.05) is 13.0 Å². The highest BCUT2D eigenvalue weighted by Crippen LogP contribution is 2.22. The Kier molecular flexibility index (Phi) is 3.80. The second-order valence-corrected chi connectivity index (χ2v) is 4.48. The zero-order valence-corrected chi connectivity index (χ0v) is 10.9. The zero-order chi connectivity index (χ0) is 14.7. The number of carbonyl (C=O) groups is 3. The van der Waals surface area contributed by atoms with Gasteiger partial charge >= 0.3 is 0 Å². The van der Waals surface area contributed by atoms with E-state index in [1.165, 1.54) is 0 Å². The Morgan fingerprint density at radius 3 is 2.35 bits per heavy atom. The molecule has 1 N–H and O–H groups in total. The van der Waals surface area contributed by atoms with Gasteiger partial charge in [-0.25, -0.2) is 0 Å². The minimum absolute atomic E-state index is 0.0102. The van der Waals surface area contributed by atoms with E-state index in [1.807, 2.05) is 6.07 Å². The predicted molar refractivity (Wildman–Crippen MR) is 69.6 cm³/mol. The van der Waals surface area contributed by atoms with E-state index >= 15 is 0 Å². The summed E-state index contributed by atoms with van der Waals surface area (Å²) in [7, 11) is 0. The first-order valence-corrected chi connectivity index (χ1v) is 6.19. The third kappa shape index (κ3) is 2.52. The van der Waals surface area contributed by atoms with Crippen molar-refractivity contribution in [1.29, 1.82) is 5.26 Å². The topological polar surface area (TPSA) is 90.3 Å². The third-order valence-electron chi connectivity index (χ3n) is 3.01. The molecule has 1 heterocycles. The molecule has 1 aliphatic rings. The van der Waals surface area contributed by atoms with Crippen molar-refractivity contribution in [3.63, 3.8) is 0 Å². The van der Waals surface area contributed by atoms with Gasteiger partial charge in [-0.3, -0.25) is 19.3 Å². The highest BCUT2D eigenvalue weighted by atomic mass is 16.2. The van der Waals surface area contributed by atoms with Crippen LogP contribution in [0.4, 0.5) is 0 Å². The smallest absolute Gasteiger partial charge is 0.261 e. The molecule has 1 aliphatic heterocycles. The van der Waals surface area contributed by atoms with Gasteiger partial charge in [-0.1, -0.05) is 12.1 Å². The van der Waals surface area contributed by atoms with Gasteiger partial charge in [0.05, 0.1) is 17.2 Å². The monoisotopic (exact) mass is 271 g/mol. The van der Waals surface area contributed by atoms with Gasteiger partial charge in [-0.05, 0) is 19.1 Å². The predicted octanol–water partition coefficient (Wildman–Crippen LogP) is 0.701. The minimum Gasteiger partial charge on any atom is -0.341 e. The second kappa shape index (κ2) is 5.53. The summed E-state index contributed by atoms with van der Waals surface area (Å²) in [5, 5.41) is 11.0. The zero-order valence-electron chi connectivity index (χ0n) is 10.9. The van der Waals surface area contributed by atoms with Gasteiger partial charge < -0.3 is 5.32 Å². The van der Waals surface area contributed by atoms with E-state index in [4.69, 9.17) is 5.26 Å². The van der Waals surface area contributed by atoms with Crippen LogP contribution in [0.5, 0.6) is 0 Å². The molecule has 3 amide bonds. The Labute approximate surface area is 116 Å². The summed E-state index contributed by atoms with van der Waals surface area (Å²) in [5.74, 6) is -1.13. The summed E-state index contributed by atoms with van der Waals surface area (Å²) in [6.45, 7) is 1.57. The van der Waals surface area contributed by atoms with Gasteiger partial charge in [0.1, 0.15) is 6.04 Å². The van der Waals surface area contributed by atoms with E-state index in [9.17, 15) is 14.4 Å². The maximum atomic E-state index is 12.0. The minimum atomic E-state index is -0.593. The molecule has 20 heavy (non-hydrogen) atoms. The molecule has 1 unspecified atom stereocenters.